The maximum atomic E-state index is 11.3. The Balaban J connectivity index is 2.08. The second-order valence-corrected chi connectivity index (χ2v) is 4.45. The second-order valence-electron chi connectivity index (χ2n) is 4.45. The molecule has 1 unspecified atom stereocenters. The minimum absolute atomic E-state index is 0.0382. The molecule has 0 spiro atoms. The number of carboxylic acid groups (broad SMARTS) is 1. The first-order valence-electron chi connectivity index (χ1n) is 5.94. The van der Waals surface area contributed by atoms with Crippen molar-refractivity contribution in [1.82, 2.24) is 10.3 Å². The first-order chi connectivity index (χ1) is 9.08. The van der Waals surface area contributed by atoms with E-state index in [1.165, 1.54) is 5.56 Å². The summed E-state index contributed by atoms with van der Waals surface area (Å²) in [7, 11) is 0. The van der Waals surface area contributed by atoms with Crippen LogP contribution in [0.25, 0.3) is 0 Å². The molecule has 0 fully saturated rings. The number of carbonyl (C=O) groups is 1. The summed E-state index contributed by atoms with van der Waals surface area (Å²) in [5.74, 6) is -1.74. The molecule has 0 aliphatic rings. The summed E-state index contributed by atoms with van der Waals surface area (Å²) >= 11 is 0. The molecule has 0 amide bonds. The molecule has 0 aliphatic carbocycles. The van der Waals surface area contributed by atoms with Crippen molar-refractivity contribution in [3.8, 4) is 0 Å². The number of anilines is 1. The monoisotopic (exact) mass is 261 g/mol. The molecule has 1 heterocycles. The van der Waals surface area contributed by atoms with Crippen molar-refractivity contribution < 1.29 is 14.5 Å². The molecule has 6 nitrogen and oxygen atoms in total. The van der Waals surface area contributed by atoms with E-state index >= 15 is 0 Å². The summed E-state index contributed by atoms with van der Waals surface area (Å²) in [6.45, 7) is 2.01. The quantitative estimate of drug-likeness (QED) is 0.850. The molecule has 0 aliphatic heterocycles. The first kappa shape index (κ1) is 13.1. The molecular weight excluding hydrogens is 246 g/mol. The molecule has 2 rings (SSSR count). The molecule has 100 valence electrons. The Labute approximate surface area is 110 Å². The lowest BCUT2D eigenvalue weighted by Crippen LogP contribution is -2.14. The average Bonchev–Trinajstić information content (AvgIpc) is 2.78. The van der Waals surface area contributed by atoms with Crippen LogP contribution in [0.15, 0.2) is 28.9 Å². The highest BCUT2D eigenvalue weighted by molar-refractivity contribution is 5.76. The summed E-state index contributed by atoms with van der Waals surface area (Å²) in [5.41, 5.74) is 7.98. The van der Waals surface area contributed by atoms with Gasteiger partial charge in [0.2, 0.25) is 0 Å². The number of nitrogen functional groups attached to an aromatic ring is 1. The molecule has 3 N–H and O–H groups in total. The van der Waals surface area contributed by atoms with Gasteiger partial charge in [0.1, 0.15) is 11.6 Å². The van der Waals surface area contributed by atoms with Gasteiger partial charge in [0.15, 0.2) is 5.82 Å². The number of aryl methyl sites for hydroxylation is 2. The highest BCUT2D eigenvalue weighted by Crippen LogP contribution is 2.24. The number of hydrogen-bond acceptors (Lipinski definition) is 5. The summed E-state index contributed by atoms with van der Waals surface area (Å²) in [5, 5.41) is 16.2. The minimum atomic E-state index is -0.977. The molecule has 1 atom stereocenters. The number of benzene rings is 1. The van der Waals surface area contributed by atoms with Crippen molar-refractivity contribution in [2.75, 3.05) is 5.73 Å². The number of aromatic nitrogens is 2. The number of rotatable bonds is 5. The molecule has 1 aromatic heterocycles. The van der Waals surface area contributed by atoms with Crippen LogP contribution < -0.4 is 5.73 Å². The molecule has 0 bridgehead atoms. The van der Waals surface area contributed by atoms with E-state index in [0.717, 1.165) is 5.56 Å². The standard InChI is InChI=1S/C13H15N3O3/c1-8-2-4-9(5-3-8)6-7-10(13(17)18)11-12(14)16-19-15-11/h2-5,10H,6-7H2,1H3,(H2,14,16)(H,17,18). The van der Waals surface area contributed by atoms with E-state index in [0.29, 0.717) is 12.8 Å². The predicted octanol–water partition coefficient (Wildman–Crippen LogP) is 1.76. The summed E-state index contributed by atoms with van der Waals surface area (Å²) in [6.07, 6.45) is 1.03. The van der Waals surface area contributed by atoms with Gasteiger partial charge in [-0.1, -0.05) is 35.0 Å². The third-order valence-electron chi connectivity index (χ3n) is 3.01. The highest BCUT2D eigenvalue weighted by atomic mass is 16.6. The summed E-state index contributed by atoms with van der Waals surface area (Å²) in [4.78, 5) is 11.3. The molecule has 6 heteroatoms. The number of hydrogen-bond donors (Lipinski definition) is 2. The first-order valence-corrected chi connectivity index (χ1v) is 5.94. The molecule has 0 radical (unpaired) electrons. The van der Waals surface area contributed by atoms with Crippen molar-refractivity contribution in [2.45, 2.75) is 25.7 Å². The SMILES string of the molecule is Cc1ccc(CCC(C(=O)O)c2nonc2N)cc1. The normalized spacial score (nSPS) is 12.3. The van der Waals surface area contributed by atoms with Gasteiger partial charge in [0, 0.05) is 0 Å². The number of nitrogens with two attached hydrogens (primary N) is 1. The molecule has 2 aromatic rings. The van der Waals surface area contributed by atoms with Gasteiger partial charge in [-0.05, 0) is 30.5 Å². The fraction of sp³-hybridized carbons (Fsp3) is 0.308. The van der Waals surface area contributed by atoms with E-state index < -0.39 is 11.9 Å². The third-order valence-corrected chi connectivity index (χ3v) is 3.01. The van der Waals surface area contributed by atoms with Crippen LogP contribution in [0.1, 0.15) is 29.2 Å². The maximum Gasteiger partial charge on any atom is 0.312 e. The van der Waals surface area contributed by atoms with Gasteiger partial charge in [-0.2, -0.15) is 0 Å². The van der Waals surface area contributed by atoms with E-state index in [9.17, 15) is 9.90 Å². The second kappa shape index (κ2) is 5.51. The van der Waals surface area contributed by atoms with Crippen molar-refractivity contribution in [2.24, 2.45) is 0 Å². The van der Waals surface area contributed by atoms with Crippen molar-refractivity contribution in [1.29, 1.82) is 0 Å². The topological polar surface area (TPSA) is 102 Å². The largest absolute Gasteiger partial charge is 0.481 e. The molecule has 0 saturated carbocycles. The lowest BCUT2D eigenvalue weighted by molar-refractivity contribution is -0.139. The maximum absolute atomic E-state index is 11.3. The Morgan fingerprint density at radius 1 is 1.37 bits per heavy atom. The zero-order chi connectivity index (χ0) is 13.8. The van der Waals surface area contributed by atoms with Gasteiger partial charge in [-0.3, -0.25) is 4.79 Å². The van der Waals surface area contributed by atoms with Gasteiger partial charge in [0.25, 0.3) is 0 Å². The Kier molecular flexibility index (Phi) is 3.79. The van der Waals surface area contributed by atoms with Gasteiger partial charge in [-0.15, -0.1) is 0 Å². The van der Waals surface area contributed by atoms with Crippen LogP contribution in [-0.4, -0.2) is 21.4 Å². The smallest absolute Gasteiger partial charge is 0.312 e. The van der Waals surface area contributed by atoms with E-state index in [-0.39, 0.29) is 11.5 Å². The van der Waals surface area contributed by atoms with Crippen molar-refractivity contribution in [3.05, 3.63) is 41.1 Å². The highest BCUT2D eigenvalue weighted by Gasteiger charge is 2.26. The minimum Gasteiger partial charge on any atom is -0.481 e. The van der Waals surface area contributed by atoms with Crippen molar-refractivity contribution >= 4 is 11.8 Å². The van der Waals surface area contributed by atoms with Gasteiger partial charge < -0.3 is 10.8 Å². The van der Waals surface area contributed by atoms with Gasteiger partial charge in [-0.25, -0.2) is 4.63 Å². The van der Waals surface area contributed by atoms with E-state index in [1.807, 2.05) is 31.2 Å². The lowest BCUT2D eigenvalue weighted by atomic mass is 9.96. The van der Waals surface area contributed by atoms with Gasteiger partial charge >= 0.3 is 5.97 Å². The zero-order valence-corrected chi connectivity index (χ0v) is 10.5. The summed E-state index contributed by atoms with van der Waals surface area (Å²) in [6, 6.07) is 7.96. The van der Waals surface area contributed by atoms with Crippen LogP contribution in [0, 0.1) is 6.92 Å². The van der Waals surface area contributed by atoms with Crippen LogP contribution in [0.2, 0.25) is 0 Å². The number of nitrogens with zero attached hydrogens (tertiary/aromatic N) is 2. The Bertz CT molecular complexity index is 563. The average molecular weight is 261 g/mol. The van der Waals surface area contributed by atoms with E-state index in [1.54, 1.807) is 0 Å². The molecule has 1 aromatic carbocycles. The summed E-state index contributed by atoms with van der Waals surface area (Å²) < 4.78 is 4.46. The molecular formula is C13H15N3O3. The van der Waals surface area contributed by atoms with Crippen LogP contribution in [0.3, 0.4) is 0 Å². The van der Waals surface area contributed by atoms with Crippen LogP contribution >= 0.6 is 0 Å². The zero-order valence-electron chi connectivity index (χ0n) is 10.5. The van der Waals surface area contributed by atoms with Gasteiger partial charge in [0.05, 0.1) is 0 Å². The fourth-order valence-electron chi connectivity index (χ4n) is 1.89. The Hall–Kier alpha value is -2.37. The number of carboxylic acids is 1. The lowest BCUT2D eigenvalue weighted by Gasteiger charge is -2.09. The Morgan fingerprint density at radius 2 is 2.05 bits per heavy atom. The van der Waals surface area contributed by atoms with Crippen LogP contribution in [-0.2, 0) is 11.2 Å². The van der Waals surface area contributed by atoms with Crippen LogP contribution in [0.4, 0.5) is 5.82 Å². The molecule has 0 saturated heterocycles. The van der Waals surface area contributed by atoms with Crippen LogP contribution in [0.5, 0.6) is 0 Å². The Morgan fingerprint density at radius 3 is 2.58 bits per heavy atom. The van der Waals surface area contributed by atoms with Crippen molar-refractivity contribution in [3.63, 3.8) is 0 Å². The number of aliphatic carboxylic acids is 1. The molecule has 19 heavy (non-hydrogen) atoms. The fourth-order valence-corrected chi connectivity index (χ4v) is 1.89. The van der Waals surface area contributed by atoms with E-state index in [4.69, 9.17) is 5.73 Å². The van der Waals surface area contributed by atoms with E-state index in [2.05, 4.69) is 14.9 Å². The third kappa shape index (κ3) is 3.09. The predicted molar refractivity (Wildman–Crippen MR) is 68.6 cm³/mol.